The van der Waals surface area contributed by atoms with E-state index < -0.39 is 6.09 Å². The molecule has 0 aliphatic heterocycles. The molecule has 0 bridgehead atoms. The number of alkyl carbamates (subject to hydrolysis) is 1. The van der Waals surface area contributed by atoms with Crippen LogP contribution in [-0.2, 0) is 11.3 Å². The predicted molar refractivity (Wildman–Crippen MR) is 98.6 cm³/mol. The fraction of sp³-hybridized carbons (Fsp3) is 0.286. The van der Waals surface area contributed by atoms with E-state index >= 15 is 0 Å². The number of hydrogen-bond acceptors (Lipinski definition) is 3. The molecule has 1 amide bonds. The number of rotatable bonds is 5. The highest BCUT2D eigenvalue weighted by Gasteiger charge is 2.04. The fourth-order valence-corrected chi connectivity index (χ4v) is 2.51. The first-order valence-electron chi connectivity index (χ1n) is 8.19. The Labute approximate surface area is 149 Å². The molecule has 0 saturated heterocycles. The summed E-state index contributed by atoms with van der Waals surface area (Å²) >= 11 is 0. The second-order valence-corrected chi connectivity index (χ2v) is 5.68. The molecule has 0 saturated carbocycles. The molecule has 0 aliphatic rings. The second-order valence-electron chi connectivity index (χ2n) is 5.68. The highest BCUT2D eigenvalue weighted by atomic mass is 16.5. The Morgan fingerprint density at radius 2 is 1.80 bits per heavy atom. The van der Waals surface area contributed by atoms with Crippen LogP contribution in [-0.4, -0.2) is 19.7 Å². The van der Waals surface area contributed by atoms with Gasteiger partial charge >= 0.3 is 6.09 Å². The van der Waals surface area contributed by atoms with Crippen molar-refractivity contribution in [3.63, 3.8) is 0 Å². The molecule has 1 N–H and O–H groups in total. The van der Waals surface area contributed by atoms with E-state index in [1.54, 1.807) is 7.11 Å². The number of carbonyl (C=O) groups excluding carboxylic acids is 1. The summed E-state index contributed by atoms with van der Waals surface area (Å²) in [5.41, 5.74) is 4.04. The summed E-state index contributed by atoms with van der Waals surface area (Å²) < 4.78 is 10.5. The number of ether oxygens (including phenoxy) is 2. The minimum atomic E-state index is -0.429. The maximum atomic E-state index is 11.6. The predicted octanol–water partition coefficient (Wildman–Crippen LogP) is 3.98. The Morgan fingerprint density at radius 1 is 1.12 bits per heavy atom. The average molecular weight is 337 g/mol. The Balaban J connectivity index is 1.74. The molecule has 0 aliphatic carbocycles. The molecular weight excluding hydrogens is 314 g/mol. The smallest absolute Gasteiger partial charge is 0.407 e. The molecule has 4 heteroatoms. The van der Waals surface area contributed by atoms with Gasteiger partial charge < -0.3 is 14.8 Å². The fourth-order valence-electron chi connectivity index (χ4n) is 2.51. The van der Waals surface area contributed by atoms with Crippen molar-refractivity contribution < 1.29 is 14.3 Å². The molecule has 0 spiro atoms. The van der Waals surface area contributed by atoms with Crippen LogP contribution in [0.25, 0.3) is 0 Å². The summed E-state index contributed by atoms with van der Waals surface area (Å²) in [6.45, 7) is 4.72. The van der Waals surface area contributed by atoms with Crippen molar-refractivity contribution in [3.8, 4) is 17.6 Å². The molecule has 0 heterocycles. The van der Waals surface area contributed by atoms with E-state index in [1.807, 2.05) is 56.3 Å². The van der Waals surface area contributed by atoms with Crippen molar-refractivity contribution in [2.24, 2.45) is 0 Å². The molecule has 0 atom stereocenters. The normalized spacial score (nSPS) is 9.72. The van der Waals surface area contributed by atoms with Gasteiger partial charge in [-0.3, -0.25) is 0 Å². The van der Waals surface area contributed by atoms with Crippen LogP contribution in [0, 0.1) is 25.7 Å². The number of methoxy groups -OCH3 is 1. The van der Waals surface area contributed by atoms with Crippen LogP contribution in [0.4, 0.5) is 4.79 Å². The lowest BCUT2D eigenvalue weighted by Crippen LogP contribution is -2.24. The van der Waals surface area contributed by atoms with Gasteiger partial charge in [-0.25, -0.2) is 4.79 Å². The van der Waals surface area contributed by atoms with Crippen molar-refractivity contribution >= 4 is 6.09 Å². The van der Waals surface area contributed by atoms with Crippen LogP contribution < -0.4 is 10.1 Å². The second kappa shape index (κ2) is 9.39. The first kappa shape index (κ1) is 18.4. The zero-order valence-electron chi connectivity index (χ0n) is 14.9. The van der Waals surface area contributed by atoms with Gasteiger partial charge in [0.25, 0.3) is 0 Å². The van der Waals surface area contributed by atoms with E-state index in [-0.39, 0.29) is 6.61 Å². The lowest BCUT2D eigenvalue weighted by atomic mass is 10.1. The lowest BCUT2D eigenvalue weighted by Gasteiger charge is -2.08. The lowest BCUT2D eigenvalue weighted by molar-refractivity contribution is 0.140. The van der Waals surface area contributed by atoms with E-state index in [0.29, 0.717) is 13.0 Å². The minimum Gasteiger partial charge on any atom is -0.496 e. The molecule has 2 rings (SSSR count). The zero-order valence-corrected chi connectivity index (χ0v) is 14.9. The van der Waals surface area contributed by atoms with E-state index in [9.17, 15) is 4.79 Å². The molecule has 2 aromatic carbocycles. The van der Waals surface area contributed by atoms with Crippen LogP contribution in [0.1, 0.15) is 28.7 Å². The Hall–Kier alpha value is -2.93. The number of aryl methyl sites for hydroxylation is 2. The molecular formula is C21H23NO3. The van der Waals surface area contributed by atoms with Gasteiger partial charge in [-0.15, -0.1) is 0 Å². The van der Waals surface area contributed by atoms with Crippen molar-refractivity contribution in [3.05, 3.63) is 64.7 Å². The van der Waals surface area contributed by atoms with Crippen molar-refractivity contribution in [1.82, 2.24) is 5.32 Å². The van der Waals surface area contributed by atoms with Crippen LogP contribution in [0.3, 0.4) is 0 Å². The molecule has 0 unspecified atom stereocenters. The molecule has 2 aromatic rings. The van der Waals surface area contributed by atoms with Gasteiger partial charge in [0.05, 0.1) is 7.11 Å². The van der Waals surface area contributed by atoms with E-state index in [4.69, 9.17) is 9.47 Å². The van der Waals surface area contributed by atoms with Crippen molar-refractivity contribution in [1.29, 1.82) is 0 Å². The van der Waals surface area contributed by atoms with Gasteiger partial charge in [0.2, 0.25) is 0 Å². The zero-order chi connectivity index (χ0) is 18.1. The summed E-state index contributed by atoms with van der Waals surface area (Å²) in [5, 5.41) is 2.70. The highest BCUT2D eigenvalue weighted by molar-refractivity contribution is 5.67. The SMILES string of the molecule is COc1c(C)cc(C#CCCNC(=O)OCc2ccccc2)cc1C. The summed E-state index contributed by atoms with van der Waals surface area (Å²) in [7, 11) is 1.67. The van der Waals surface area contributed by atoms with Gasteiger partial charge in [-0.2, -0.15) is 0 Å². The number of hydrogen-bond donors (Lipinski definition) is 1. The summed E-state index contributed by atoms with van der Waals surface area (Å²) in [6.07, 6.45) is 0.131. The maximum Gasteiger partial charge on any atom is 0.407 e. The monoisotopic (exact) mass is 337 g/mol. The number of carbonyl (C=O) groups is 1. The maximum absolute atomic E-state index is 11.6. The van der Waals surface area contributed by atoms with E-state index in [2.05, 4.69) is 17.2 Å². The minimum absolute atomic E-state index is 0.267. The number of amides is 1. The van der Waals surface area contributed by atoms with Gasteiger partial charge in [0, 0.05) is 18.5 Å². The number of nitrogens with one attached hydrogen (secondary N) is 1. The quantitative estimate of drug-likeness (QED) is 0.663. The Morgan fingerprint density at radius 3 is 2.44 bits per heavy atom. The van der Waals surface area contributed by atoms with Crippen molar-refractivity contribution in [2.75, 3.05) is 13.7 Å². The first-order chi connectivity index (χ1) is 12.1. The van der Waals surface area contributed by atoms with Crippen LogP contribution >= 0.6 is 0 Å². The molecule has 130 valence electrons. The third kappa shape index (κ3) is 5.89. The summed E-state index contributed by atoms with van der Waals surface area (Å²) in [4.78, 5) is 11.6. The van der Waals surface area contributed by atoms with Gasteiger partial charge in [0.15, 0.2) is 0 Å². The largest absolute Gasteiger partial charge is 0.496 e. The number of benzene rings is 2. The molecule has 0 radical (unpaired) electrons. The molecule has 0 fully saturated rings. The van der Waals surface area contributed by atoms with Gasteiger partial charge in [-0.05, 0) is 42.7 Å². The van der Waals surface area contributed by atoms with Gasteiger partial charge in [0.1, 0.15) is 12.4 Å². The molecule has 25 heavy (non-hydrogen) atoms. The average Bonchev–Trinajstić information content (AvgIpc) is 2.60. The summed E-state index contributed by atoms with van der Waals surface area (Å²) in [6, 6.07) is 13.6. The molecule has 0 aromatic heterocycles. The van der Waals surface area contributed by atoms with Crippen LogP contribution in [0.5, 0.6) is 5.75 Å². The first-order valence-corrected chi connectivity index (χ1v) is 8.19. The Kier molecular flexibility index (Phi) is 6.91. The topological polar surface area (TPSA) is 47.6 Å². The highest BCUT2D eigenvalue weighted by Crippen LogP contribution is 2.23. The van der Waals surface area contributed by atoms with E-state index in [0.717, 1.165) is 28.0 Å². The van der Waals surface area contributed by atoms with Crippen LogP contribution in [0.2, 0.25) is 0 Å². The Bertz CT molecular complexity index is 750. The van der Waals surface area contributed by atoms with Crippen LogP contribution in [0.15, 0.2) is 42.5 Å². The summed E-state index contributed by atoms with van der Waals surface area (Å²) in [5.74, 6) is 7.07. The van der Waals surface area contributed by atoms with Crippen molar-refractivity contribution in [2.45, 2.75) is 26.9 Å². The van der Waals surface area contributed by atoms with E-state index in [1.165, 1.54) is 0 Å². The third-order valence-corrected chi connectivity index (χ3v) is 3.63. The van der Waals surface area contributed by atoms with Gasteiger partial charge in [-0.1, -0.05) is 42.2 Å². The third-order valence-electron chi connectivity index (χ3n) is 3.63. The molecule has 4 nitrogen and oxygen atoms in total. The standard InChI is InChI=1S/C21H23NO3/c1-16-13-19(14-17(2)20(16)24-3)11-7-8-12-22-21(23)25-15-18-9-5-4-6-10-18/h4-6,9-10,13-14H,8,12,15H2,1-3H3,(H,22,23).